The molecule has 0 bridgehead atoms. The molecule has 0 radical (unpaired) electrons. The zero-order valence-corrected chi connectivity index (χ0v) is 13.4. The Morgan fingerprint density at radius 3 is 2.76 bits per heavy atom. The van der Waals surface area contributed by atoms with Crippen molar-refractivity contribution in [2.75, 3.05) is 18.5 Å². The Hall–Kier alpha value is -1.66. The summed E-state index contributed by atoms with van der Waals surface area (Å²) >= 11 is 1.08. The Bertz CT molecular complexity index is 552. The van der Waals surface area contributed by atoms with Gasteiger partial charge in [0.25, 0.3) is 0 Å². The van der Waals surface area contributed by atoms with E-state index < -0.39 is 6.10 Å². The van der Waals surface area contributed by atoms with Crippen molar-refractivity contribution in [1.29, 1.82) is 0 Å². The second-order valence-electron chi connectivity index (χ2n) is 5.89. The minimum Gasteiger partial charge on any atom is -0.473 e. The molecule has 0 spiro atoms. The van der Waals surface area contributed by atoms with Crippen LogP contribution in [0.2, 0.25) is 0 Å². The molecule has 0 amide bonds. The number of aromatic nitrogens is 2. The van der Waals surface area contributed by atoms with E-state index in [1.54, 1.807) is 6.20 Å². The van der Waals surface area contributed by atoms with Crippen LogP contribution in [-0.2, 0) is 5.41 Å². The lowest BCUT2D eigenvalue weighted by Crippen LogP contribution is -2.27. The Labute approximate surface area is 129 Å². The summed E-state index contributed by atoms with van der Waals surface area (Å²) in [4.78, 5) is 0. The smallest absolute Gasteiger partial charge is 0.245 e. The number of anilines is 1. The summed E-state index contributed by atoms with van der Waals surface area (Å²) in [6.07, 6.45) is 0.930. The minimum atomic E-state index is -0.611. The Kier molecular flexibility index (Phi) is 5.14. The van der Waals surface area contributed by atoms with E-state index in [0.717, 1.165) is 17.4 Å². The van der Waals surface area contributed by atoms with Crippen LogP contribution < -0.4 is 10.1 Å². The summed E-state index contributed by atoms with van der Waals surface area (Å²) in [5.41, 5.74) is 2.32. The topological polar surface area (TPSA) is 67.3 Å². The van der Waals surface area contributed by atoms with E-state index in [0.29, 0.717) is 12.4 Å². The van der Waals surface area contributed by atoms with Crippen molar-refractivity contribution >= 4 is 17.4 Å². The zero-order chi connectivity index (χ0) is 15.3. The summed E-state index contributed by atoms with van der Waals surface area (Å²) < 4.78 is 13.1. The average molecular weight is 307 g/mol. The molecule has 0 aliphatic rings. The number of benzene rings is 1. The van der Waals surface area contributed by atoms with Gasteiger partial charge in [-0.05, 0) is 17.0 Å². The molecule has 0 aliphatic heterocycles. The van der Waals surface area contributed by atoms with Gasteiger partial charge in [0, 0.05) is 12.2 Å². The van der Waals surface area contributed by atoms with Crippen LogP contribution in [-0.4, -0.2) is 33.1 Å². The van der Waals surface area contributed by atoms with Crippen molar-refractivity contribution in [3.8, 4) is 5.88 Å². The molecule has 0 aliphatic carbocycles. The molecule has 1 unspecified atom stereocenters. The van der Waals surface area contributed by atoms with Crippen LogP contribution in [0.15, 0.2) is 30.5 Å². The van der Waals surface area contributed by atoms with Gasteiger partial charge in [-0.2, -0.15) is 4.37 Å². The summed E-state index contributed by atoms with van der Waals surface area (Å²) in [5.74, 6) is 0.453. The van der Waals surface area contributed by atoms with Gasteiger partial charge >= 0.3 is 0 Å². The van der Waals surface area contributed by atoms with Crippen molar-refractivity contribution in [3.63, 3.8) is 0 Å². The van der Waals surface area contributed by atoms with E-state index in [2.05, 4.69) is 40.9 Å². The minimum absolute atomic E-state index is 0.0529. The second-order valence-corrected chi connectivity index (χ2v) is 6.44. The average Bonchev–Trinajstić information content (AvgIpc) is 2.95. The van der Waals surface area contributed by atoms with Gasteiger partial charge in [0.05, 0.1) is 11.7 Å². The molecule has 0 saturated heterocycles. The number of nitrogens with zero attached hydrogens (tertiary/aromatic N) is 2. The van der Waals surface area contributed by atoms with E-state index in [4.69, 9.17) is 4.74 Å². The van der Waals surface area contributed by atoms with E-state index in [1.807, 2.05) is 18.2 Å². The number of para-hydroxylation sites is 1. The van der Waals surface area contributed by atoms with Crippen molar-refractivity contribution in [2.45, 2.75) is 32.3 Å². The standard InChI is InChI=1S/C15H21N3O2S/c1-15(2,3)12-6-4-5-7-13(12)16-8-11(19)10-20-14-9-17-21-18-14/h4-7,9,11,16,19H,8,10H2,1-3H3. The van der Waals surface area contributed by atoms with Gasteiger partial charge < -0.3 is 15.2 Å². The first-order valence-electron chi connectivity index (χ1n) is 6.88. The molecule has 0 saturated carbocycles. The van der Waals surface area contributed by atoms with E-state index >= 15 is 0 Å². The molecule has 114 valence electrons. The van der Waals surface area contributed by atoms with E-state index in [1.165, 1.54) is 5.56 Å². The lowest BCUT2D eigenvalue weighted by atomic mass is 9.86. The van der Waals surface area contributed by atoms with Gasteiger partial charge in [0.2, 0.25) is 5.88 Å². The van der Waals surface area contributed by atoms with Crippen LogP contribution in [0, 0.1) is 0 Å². The Morgan fingerprint density at radius 1 is 1.33 bits per heavy atom. The first-order valence-corrected chi connectivity index (χ1v) is 7.61. The third kappa shape index (κ3) is 4.68. The third-order valence-corrected chi connectivity index (χ3v) is 3.49. The first kappa shape index (κ1) is 15.7. The molecule has 6 heteroatoms. The van der Waals surface area contributed by atoms with Crippen LogP contribution in [0.3, 0.4) is 0 Å². The molecule has 1 atom stereocenters. The summed E-state index contributed by atoms with van der Waals surface area (Å²) in [7, 11) is 0. The molecule has 0 fully saturated rings. The number of ether oxygens (including phenoxy) is 1. The molecule has 1 aromatic heterocycles. The second kappa shape index (κ2) is 6.87. The quantitative estimate of drug-likeness (QED) is 0.859. The molecule has 2 N–H and O–H groups in total. The van der Waals surface area contributed by atoms with Crippen LogP contribution >= 0.6 is 11.7 Å². The van der Waals surface area contributed by atoms with Gasteiger partial charge in [0.1, 0.15) is 18.9 Å². The lowest BCUT2D eigenvalue weighted by Gasteiger charge is -2.24. The highest BCUT2D eigenvalue weighted by molar-refractivity contribution is 6.99. The van der Waals surface area contributed by atoms with Crippen molar-refractivity contribution in [3.05, 3.63) is 36.0 Å². The highest BCUT2D eigenvalue weighted by atomic mass is 32.1. The maximum Gasteiger partial charge on any atom is 0.245 e. The number of aliphatic hydroxyl groups excluding tert-OH is 1. The van der Waals surface area contributed by atoms with Crippen molar-refractivity contribution < 1.29 is 9.84 Å². The van der Waals surface area contributed by atoms with E-state index in [-0.39, 0.29) is 12.0 Å². The molecule has 1 aromatic carbocycles. The Balaban J connectivity index is 1.88. The van der Waals surface area contributed by atoms with Gasteiger partial charge in [-0.1, -0.05) is 39.0 Å². The molecule has 2 aromatic rings. The van der Waals surface area contributed by atoms with Crippen LogP contribution in [0.5, 0.6) is 5.88 Å². The summed E-state index contributed by atoms with van der Waals surface area (Å²) in [5, 5.41) is 13.3. The van der Waals surface area contributed by atoms with Gasteiger partial charge in [-0.3, -0.25) is 0 Å². The van der Waals surface area contributed by atoms with Crippen LogP contribution in [0.4, 0.5) is 5.69 Å². The fourth-order valence-corrected chi connectivity index (χ4v) is 2.34. The molecular formula is C15H21N3O2S. The number of rotatable bonds is 6. The third-order valence-electron chi connectivity index (χ3n) is 3.03. The molecular weight excluding hydrogens is 286 g/mol. The van der Waals surface area contributed by atoms with Gasteiger partial charge in [-0.25, -0.2) is 0 Å². The van der Waals surface area contributed by atoms with E-state index in [9.17, 15) is 5.11 Å². The largest absolute Gasteiger partial charge is 0.473 e. The summed E-state index contributed by atoms with van der Waals surface area (Å²) in [6.45, 7) is 7.12. The monoisotopic (exact) mass is 307 g/mol. The predicted octanol–water partition coefficient (Wildman–Crippen LogP) is 2.69. The highest BCUT2D eigenvalue weighted by Crippen LogP contribution is 2.29. The molecule has 1 heterocycles. The van der Waals surface area contributed by atoms with Crippen LogP contribution in [0.1, 0.15) is 26.3 Å². The van der Waals surface area contributed by atoms with Gasteiger partial charge in [0.15, 0.2) is 0 Å². The highest BCUT2D eigenvalue weighted by Gasteiger charge is 2.17. The van der Waals surface area contributed by atoms with Crippen molar-refractivity contribution in [1.82, 2.24) is 8.75 Å². The predicted molar refractivity (Wildman–Crippen MR) is 85.0 cm³/mol. The number of nitrogens with one attached hydrogen (secondary N) is 1. The zero-order valence-electron chi connectivity index (χ0n) is 12.5. The maximum atomic E-state index is 9.97. The molecule has 21 heavy (non-hydrogen) atoms. The number of aliphatic hydroxyl groups is 1. The first-order chi connectivity index (χ1) is 9.97. The van der Waals surface area contributed by atoms with Crippen molar-refractivity contribution in [2.24, 2.45) is 0 Å². The Morgan fingerprint density at radius 2 is 2.10 bits per heavy atom. The molecule has 5 nitrogen and oxygen atoms in total. The van der Waals surface area contributed by atoms with Crippen LogP contribution in [0.25, 0.3) is 0 Å². The fraction of sp³-hybridized carbons (Fsp3) is 0.467. The normalized spacial score (nSPS) is 13.0. The fourth-order valence-electron chi connectivity index (χ4n) is 1.98. The number of hydrogen-bond acceptors (Lipinski definition) is 6. The number of hydrogen-bond donors (Lipinski definition) is 2. The maximum absolute atomic E-state index is 9.97. The molecule has 2 rings (SSSR count). The SMILES string of the molecule is CC(C)(C)c1ccccc1NCC(O)COc1cnsn1. The summed E-state index contributed by atoms with van der Waals surface area (Å²) in [6, 6.07) is 8.15. The lowest BCUT2D eigenvalue weighted by molar-refractivity contribution is 0.115. The van der Waals surface area contributed by atoms with Gasteiger partial charge in [-0.15, -0.1) is 4.37 Å².